The maximum Gasteiger partial charge on any atom is 0.253 e. The van der Waals surface area contributed by atoms with E-state index in [0.29, 0.717) is 24.4 Å². The highest BCUT2D eigenvalue weighted by Gasteiger charge is 2.21. The van der Waals surface area contributed by atoms with Crippen LogP contribution in [-0.2, 0) is 19.4 Å². The van der Waals surface area contributed by atoms with Gasteiger partial charge in [0.2, 0.25) is 5.89 Å². The average Bonchev–Trinajstić information content (AvgIpc) is 3.00. The van der Waals surface area contributed by atoms with Crippen molar-refractivity contribution in [2.75, 3.05) is 7.05 Å². The van der Waals surface area contributed by atoms with Gasteiger partial charge in [0, 0.05) is 12.5 Å². The fourth-order valence-electron chi connectivity index (χ4n) is 2.88. The third kappa shape index (κ3) is 2.93. The van der Waals surface area contributed by atoms with Crippen LogP contribution in [0.3, 0.4) is 0 Å². The lowest BCUT2D eigenvalue weighted by Gasteiger charge is -2.26. The lowest BCUT2D eigenvalue weighted by molar-refractivity contribution is 0.255. The van der Waals surface area contributed by atoms with Crippen molar-refractivity contribution in [3.05, 3.63) is 41.1 Å². The lowest BCUT2D eigenvalue weighted by Crippen LogP contribution is -2.22. The molecule has 0 radical (unpaired) electrons. The predicted molar refractivity (Wildman–Crippen MR) is 79.2 cm³/mol. The van der Waals surface area contributed by atoms with E-state index in [-0.39, 0.29) is 0 Å². The van der Waals surface area contributed by atoms with Crippen LogP contribution in [0.1, 0.15) is 48.7 Å². The van der Waals surface area contributed by atoms with Gasteiger partial charge in [-0.2, -0.15) is 0 Å². The molecule has 1 unspecified atom stereocenters. The van der Waals surface area contributed by atoms with Gasteiger partial charge < -0.3 is 14.5 Å². The third-order valence-corrected chi connectivity index (χ3v) is 3.98. The van der Waals surface area contributed by atoms with Crippen molar-refractivity contribution in [1.82, 2.24) is 15.5 Å². The minimum Gasteiger partial charge on any atom is -0.484 e. The summed E-state index contributed by atoms with van der Waals surface area (Å²) in [4.78, 5) is 0. The highest BCUT2D eigenvalue weighted by Crippen LogP contribution is 2.35. The molecule has 0 bridgehead atoms. The normalized spacial score (nSPS) is 17.5. The van der Waals surface area contributed by atoms with Gasteiger partial charge in [-0.25, -0.2) is 0 Å². The second-order valence-corrected chi connectivity index (χ2v) is 5.29. The van der Waals surface area contributed by atoms with Crippen molar-refractivity contribution in [3.63, 3.8) is 0 Å². The molecule has 1 atom stereocenters. The van der Waals surface area contributed by atoms with Crippen LogP contribution in [0.25, 0.3) is 0 Å². The van der Waals surface area contributed by atoms with Crippen molar-refractivity contribution >= 4 is 0 Å². The van der Waals surface area contributed by atoms with E-state index in [1.165, 1.54) is 24.0 Å². The number of hydrogen-bond acceptors (Lipinski definition) is 5. The molecule has 0 spiro atoms. The number of hydrogen-bond donors (Lipinski definition) is 1. The summed E-state index contributed by atoms with van der Waals surface area (Å²) in [5.74, 6) is 2.12. The zero-order chi connectivity index (χ0) is 14.7. The minimum atomic E-state index is 0.327. The van der Waals surface area contributed by atoms with E-state index in [0.717, 1.165) is 18.6 Å². The van der Waals surface area contributed by atoms with E-state index in [2.05, 4.69) is 27.6 Å². The Kier molecular flexibility index (Phi) is 4.20. The number of ether oxygens (including phenoxy) is 1. The van der Waals surface area contributed by atoms with Gasteiger partial charge in [-0.3, -0.25) is 0 Å². The molecule has 0 fully saturated rings. The summed E-state index contributed by atoms with van der Waals surface area (Å²) in [6, 6.07) is 6.68. The van der Waals surface area contributed by atoms with Gasteiger partial charge >= 0.3 is 0 Å². The molecular formula is C16H21N3O2. The second-order valence-electron chi connectivity index (χ2n) is 5.29. The summed E-state index contributed by atoms with van der Waals surface area (Å²) in [6.45, 7) is 2.32. The van der Waals surface area contributed by atoms with Crippen molar-refractivity contribution < 1.29 is 9.15 Å². The Hall–Kier alpha value is -1.88. The summed E-state index contributed by atoms with van der Waals surface area (Å²) >= 11 is 0. The van der Waals surface area contributed by atoms with Gasteiger partial charge in [0.05, 0.1) is 0 Å². The maximum atomic E-state index is 5.92. The fourth-order valence-corrected chi connectivity index (χ4v) is 2.88. The van der Waals surface area contributed by atoms with Crippen molar-refractivity contribution in [1.29, 1.82) is 0 Å². The van der Waals surface area contributed by atoms with Crippen LogP contribution in [0.2, 0.25) is 0 Å². The Bertz CT molecular complexity index is 609. The van der Waals surface area contributed by atoms with E-state index >= 15 is 0 Å². The topological polar surface area (TPSA) is 60.2 Å². The Balaban J connectivity index is 1.76. The molecule has 112 valence electrons. The van der Waals surface area contributed by atoms with Gasteiger partial charge in [0.15, 0.2) is 6.61 Å². The van der Waals surface area contributed by atoms with Gasteiger partial charge in [-0.05, 0) is 43.5 Å². The third-order valence-electron chi connectivity index (χ3n) is 3.98. The second kappa shape index (κ2) is 6.26. The summed E-state index contributed by atoms with van der Waals surface area (Å²) in [5, 5.41) is 11.3. The molecule has 1 aromatic heterocycles. The van der Waals surface area contributed by atoms with E-state index in [4.69, 9.17) is 9.15 Å². The van der Waals surface area contributed by atoms with Crippen LogP contribution in [0.5, 0.6) is 5.75 Å². The molecule has 0 amide bonds. The molecule has 1 N–H and O–H groups in total. The zero-order valence-corrected chi connectivity index (χ0v) is 12.6. The monoisotopic (exact) mass is 287 g/mol. The van der Waals surface area contributed by atoms with E-state index in [1.807, 2.05) is 20.0 Å². The molecular weight excluding hydrogens is 266 g/mol. The zero-order valence-electron chi connectivity index (χ0n) is 12.6. The molecule has 1 aliphatic carbocycles. The quantitative estimate of drug-likeness (QED) is 0.916. The number of nitrogens with zero attached hydrogens (tertiary/aromatic N) is 2. The summed E-state index contributed by atoms with van der Waals surface area (Å²) in [7, 11) is 2.01. The van der Waals surface area contributed by atoms with E-state index in [9.17, 15) is 0 Å². The number of benzene rings is 1. The maximum absolute atomic E-state index is 5.92. The van der Waals surface area contributed by atoms with E-state index < -0.39 is 0 Å². The minimum absolute atomic E-state index is 0.327. The SMILES string of the molecule is CCc1nnc(COc2cccc3c2CCCC3NC)o1. The first-order valence-corrected chi connectivity index (χ1v) is 7.55. The molecule has 3 rings (SSSR count). The number of aryl methyl sites for hydroxylation is 1. The standard InChI is InChI=1S/C16H21N3O2/c1-3-15-18-19-16(21-15)10-20-14-9-5-6-11-12(14)7-4-8-13(11)17-2/h5-6,9,13,17H,3-4,7-8,10H2,1-2H3. The summed E-state index contributed by atoms with van der Waals surface area (Å²) < 4.78 is 11.4. The van der Waals surface area contributed by atoms with Crippen molar-refractivity contribution in [2.45, 2.75) is 45.3 Å². The van der Waals surface area contributed by atoms with E-state index in [1.54, 1.807) is 0 Å². The van der Waals surface area contributed by atoms with Crippen LogP contribution < -0.4 is 10.1 Å². The van der Waals surface area contributed by atoms with Gasteiger partial charge in [-0.1, -0.05) is 19.1 Å². The molecule has 0 saturated carbocycles. The van der Waals surface area contributed by atoms with Crippen molar-refractivity contribution in [3.8, 4) is 5.75 Å². The fraction of sp³-hybridized carbons (Fsp3) is 0.500. The summed E-state index contributed by atoms with van der Waals surface area (Å²) in [6.07, 6.45) is 4.17. The molecule has 1 aromatic carbocycles. The number of aromatic nitrogens is 2. The first kappa shape index (κ1) is 14.1. The molecule has 0 aliphatic heterocycles. The van der Waals surface area contributed by atoms with Crippen LogP contribution in [0.15, 0.2) is 22.6 Å². The highest BCUT2D eigenvalue weighted by atomic mass is 16.5. The molecule has 1 heterocycles. The number of fused-ring (bicyclic) bond motifs is 1. The average molecular weight is 287 g/mol. The predicted octanol–water partition coefficient (Wildman–Crippen LogP) is 2.81. The van der Waals surface area contributed by atoms with Crippen LogP contribution in [0.4, 0.5) is 0 Å². The van der Waals surface area contributed by atoms with Crippen LogP contribution >= 0.6 is 0 Å². The Morgan fingerprint density at radius 2 is 2.19 bits per heavy atom. The number of rotatable bonds is 5. The lowest BCUT2D eigenvalue weighted by atomic mass is 9.87. The highest BCUT2D eigenvalue weighted by molar-refractivity contribution is 5.43. The Morgan fingerprint density at radius 1 is 1.33 bits per heavy atom. The summed E-state index contributed by atoms with van der Waals surface area (Å²) in [5.41, 5.74) is 2.65. The first-order valence-electron chi connectivity index (χ1n) is 7.55. The van der Waals surface area contributed by atoms with Crippen LogP contribution in [-0.4, -0.2) is 17.2 Å². The Labute approximate surface area is 124 Å². The van der Waals surface area contributed by atoms with Crippen LogP contribution in [0, 0.1) is 0 Å². The van der Waals surface area contributed by atoms with Gasteiger partial charge in [0.1, 0.15) is 5.75 Å². The first-order chi connectivity index (χ1) is 10.3. The van der Waals surface area contributed by atoms with Gasteiger partial charge in [-0.15, -0.1) is 10.2 Å². The Morgan fingerprint density at radius 3 is 2.95 bits per heavy atom. The smallest absolute Gasteiger partial charge is 0.253 e. The molecule has 0 saturated heterocycles. The molecule has 2 aromatic rings. The molecule has 1 aliphatic rings. The molecule has 21 heavy (non-hydrogen) atoms. The molecule has 5 nitrogen and oxygen atoms in total. The van der Waals surface area contributed by atoms with Crippen molar-refractivity contribution in [2.24, 2.45) is 0 Å². The largest absolute Gasteiger partial charge is 0.484 e. The molecule has 5 heteroatoms. The van der Waals surface area contributed by atoms with Gasteiger partial charge in [0.25, 0.3) is 5.89 Å². The number of nitrogens with one attached hydrogen (secondary N) is 1.